The van der Waals surface area contributed by atoms with Gasteiger partial charge in [0, 0.05) is 25.9 Å². The Hall–Kier alpha value is -1.04. The zero-order valence-corrected chi connectivity index (χ0v) is 10.3. The third-order valence-corrected chi connectivity index (χ3v) is 4.41. The molecule has 0 aromatic carbocycles. The first-order valence-corrected chi connectivity index (χ1v) is 7.23. The predicted octanol–water partition coefficient (Wildman–Crippen LogP) is 0.391. The average molecular weight is 246 g/mol. The highest BCUT2D eigenvalue weighted by molar-refractivity contribution is 7.91. The fourth-order valence-electron chi connectivity index (χ4n) is 1.76. The number of nitrogens with one attached hydrogen (secondary N) is 1. The number of carbonyl (C=O) groups is 1. The molecule has 5 nitrogen and oxygen atoms in total. The second-order valence-corrected chi connectivity index (χ2v) is 6.32. The van der Waals surface area contributed by atoms with Crippen molar-refractivity contribution in [2.45, 2.75) is 18.1 Å². The number of nitrogens with zero attached hydrogens (tertiary/aromatic N) is 1. The lowest BCUT2D eigenvalue weighted by Crippen LogP contribution is -2.46. The second kappa shape index (κ2) is 5.34. The monoisotopic (exact) mass is 246 g/mol. The summed E-state index contributed by atoms with van der Waals surface area (Å²) in [5.41, 5.74) is 0. The van der Waals surface area contributed by atoms with Crippen molar-refractivity contribution in [3.8, 4) is 0 Å². The van der Waals surface area contributed by atoms with Crippen LogP contribution in [0, 0.1) is 0 Å². The van der Waals surface area contributed by atoms with Crippen LogP contribution in [0.5, 0.6) is 0 Å². The van der Waals surface area contributed by atoms with Gasteiger partial charge in [-0.25, -0.2) is 13.2 Å². The van der Waals surface area contributed by atoms with Gasteiger partial charge in [-0.15, -0.1) is 6.58 Å². The lowest BCUT2D eigenvalue weighted by Gasteiger charge is -2.30. The van der Waals surface area contributed by atoms with Crippen LogP contribution in [0.15, 0.2) is 12.7 Å². The minimum atomic E-state index is -2.97. The van der Waals surface area contributed by atoms with Crippen LogP contribution in [0.2, 0.25) is 0 Å². The number of urea groups is 1. The number of likely N-dealkylation sites (tertiary alicyclic amines) is 1. The summed E-state index contributed by atoms with van der Waals surface area (Å²) < 4.78 is 22.6. The first-order chi connectivity index (χ1) is 7.45. The summed E-state index contributed by atoms with van der Waals surface area (Å²) in [6.45, 7) is 4.95. The quantitative estimate of drug-likeness (QED) is 0.733. The molecule has 1 fully saturated rings. The van der Waals surface area contributed by atoms with Gasteiger partial charge >= 0.3 is 6.03 Å². The predicted molar refractivity (Wildman–Crippen MR) is 63.0 cm³/mol. The van der Waals surface area contributed by atoms with E-state index in [-0.39, 0.29) is 11.3 Å². The van der Waals surface area contributed by atoms with Gasteiger partial charge in [0.05, 0.1) is 5.25 Å². The van der Waals surface area contributed by atoms with Crippen molar-refractivity contribution in [2.75, 3.05) is 25.9 Å². The Bertz CT molecular complexity index is 356. The Morgan fingerprint density at radius 2 is 2.06 bits per heavy atom. The van der Waals surface area contributed by atoms with Crippen molar-refractivity contribution in [3.05, 3.63) is 12.7 Å². The molecule has 0 bridgehead atoms. The largest absolute Gasteiger partial charge is 0.335 e. The third kappa shape index (κ3) is 3.52. The van der Waals surface area contributed by atoms with E-state index in [1.165, 1.54) is 6.26 Å². The standard InChI is InChI=1S/C10H18N2O3S/c1-3-6-11-10(13)12-7-4-9(5-8-12)16(2,14)15/h3,9H,1,4-8H2,2H3,(H,11,13). The van der Waals surface area contributed by atoms with Crippen LogP contribution in [-0.4, -0.2) is 50.5 Å². The molecule has 0 atom stereocenters. The Morgan fingerprint density at radius 3 is 2.50 bits per heavy atom. The number of hydrogen-bond acceptors (Lipinski definition) is 3. The molecule has 0 aromatic heterocycles. The number of sulfone groups is 1. The molecule has 1 aliphatic heterocycles. The fourth-order valence-corrected chi connectivity index (χ4v) is 2.83. The molecule has 2 amide bonds. The molecule has 1 heterocycles. The molecule has 0 aromatic rings. The van der Waals surface area contributed by atoms with E-state index in [4.69, 9.17) is 0 Å². The number of amides is 2. The lowest BCUT2D eigenvalue weighted by molar-refractivity contribution is 0.188. The normalized spacial score (nSPS) is 18.2. The van der Waals surface area contributed by atoms with Crippen LogP contribution in [0.3, 0.4) is 0 Å². The summed E-state index contributed by atoms with van der Waals surface area (Å²) in [6.07, 6.45) is 3.92. The van der Waals surface area contributed by atoms with Crippen LogP contribution in [-0.2, 0) is 9.84 Å². The van der Waals surface area contributed by atoms with E-state index in [2.05, 4.69) is 11.9 Å². The van der Waals surface area contributed by atoms with Gasteiger partial charge in [-0.1, -0.05) is 6.08 Å². The average Bonchev–Trinajstić information content (AvgIpc) is 2.25. The zero-order valence-electron chi connectivity index (χ0n) is 9.48. The van der Waals surface area contributed by atoms with E-state index in [0.717, 1.165) is 0 Å². The molecule has 1 saturated heterocycles. The zero-order chi connectivity index (χ0) is 12.2. The summed E-state index contributed by atoms with van der Waals surface area (Å²) in [6, 6.07) is -0.146. The second-order valence-electron chi connectivity index (χ2n) is 3.99. The molecule has 0 spiro atoms. The molecule has 1 rings (SSSR count). The first-order valence-electron chi connectivity index (χ1n) is 5.27. The first kappa shape index (κ1) is 13.0. The van der Waals surface area contributed by atoms with E-state index in [0.29, 0.717) is 32.5 Å². The van der Waals surface area contributed by atoms with E-state index < -0.39 is 9.84 Å². The summed E-state index contributed by atoms with van der Waals surface area (Å²) in [5.74, 6) is 0. The van der Waals surface area contributed by atoms with Gasteiger partial charge in [0.25, 0.3) is 0 Å². The topological polar surface area (TPSA) is 66.5 Å². The molecular weight excluding hydrogens is 228 g/mol. The Balaban J connectivity index is 2.43. The van der Waals surface area contributed by atoms with Crippen molar-refractivity contribution < 1.29 is 13.2 Å². The van der Waals surface area contributed by atoms with E-state index >= 15 is 0 Å². The summed E-state index contributed by atoms with van der Waals surface area (Å²) in [5, 5.41) is 2.38. The van der Waals surface area contributed by atoms with E-state index in [1.807, 2.05) is 0 Å². The van der Waals surface area contributed by atoms with Crippen LogP contribution in [0.25, 0.3) is 0 Å². The van der Waals surface area contributed by atoms with Crippen molar-refractivity contribution in [2.24, 2.45) is 0 Å². The minimum Gasteiger partial charge on any atom is -0.335 e. The summed E-state index contributed by atoms with van der Waals surface area (Å²) in [4.78, 5) is 13.2. The van der Waals surface area contributed by atoms with E-state index in [1.54, 1.807) is 11.0 Å². The smallest absolute Gasteiger partial charge is 0.317 e. The minimum absolute atomic E-state index is 0.146. The molecule has 6 heteroatoms. The van der Waals surface area contributed by atoms with Crippen molar-refractivity contribution in [3.63, 3.8) is 0 Å². The third-order valence-electron chi connectivity index (χ3n) is 2.73. The Labute approximate surface area is 96.4 Å². The van der Waals surface area contributed by atoms with Crippen LogP contribution >= 0.6 is 0 Å². The number of hydrogen-bond donors (Lipinski definition) is 1. The van der Waals surface area contributed by atoms with Gasteiger partial charge in [0.2, 0.25) is 0 Å². The maximum atomic E-state index is 11.5. The highest BCUT2D eigenvalue weighted by atomic mass is 32.2. The Kier molecular flexibility index (Phi) is 4.35. The number of piperidine rings is 1. The van der Waals surface area contributed by atoms with Gasteiger partial charge in [-0.2, -0.15) is 0 Å². The van der Waals surface area contributed by atoms with Gasteiger partial charge < -0.3 is 10.2 Å². The SMILES string of the molecule is C=CCNC(=O)N1CCC(S(C)(=O)=O)CC1. The molecule has 0 saturated carbocycles. The summed E-state index contributed by atoms with van der Waals surface area (Å²) in [7, 11) is -2.97. The number of carbonyl (C=O) groups excluding carboxylic acids is 1. The van der Waals surface area contributed by atoms with Gasteiger partial charge in [-0.05, 0) is 12.8 Å². The fraction of sp³-hybridized carbons (Fsp3) is 0.700. The highest BCUT2D eigenvalue weighted by Crippen LogP contribution is 2.16. The van der Waals surface area contributed by atoms with Crippen molar-refractivity contribution in [1.82, 2.24) is 10.2 Å². The van der Waals surface area contributed by atoms with Gasteiger partial charge in [0.1, 0.15) is 9.84 Å². The van der Waals surface area contributed by atoms with E-state index in [9.17, 15) is 13.2 Å². The Morgan fingerprint density at radius 1 is 1.50 bits per heavy atom. The highest BCUT2D eigenvalue weighted by Gasteiger charge is 2.28. The molecule has 1 aliphatic rings. The van der Waals surface area contributed by atoms with Crippen molar-refractivity contribution in [1.29, 1.82) is 0 Å². The summed E-state index contributed by atoms with van der Waals surface area (Å²) >= 11 is 0. The molecular formula is C10H18N2O3S. The maximum Gasteiger partial charge on any atom is 0.317 e. The molecule has 0 radical (unpaired) electrons. The van der Waals surface area contributed by atoms with Gasteiger partial charge in [-0.3, -0.25) is 0 Å². The molecule has 0 aliphatic carbocycles. The molecule has 0 unspecified atom stereocenters. The van der Waals surface area contributed by atoms with Gasteiger partial charge in [0.15, 0.2) is 0 Å². The number of rotatable bonds is 3. The molecule has 16 heavy (non-hydrogen) atoms. The van der Waals surface area contributed by atoms with Crippen LogP contribution in [0.4, 0.5) is 4.79 Å². The molecule has 92 valence electrons. The maximum absolute atomic E-state index is 11.5. The molecule has 1 N–H and O–H groups in total. The van der Waals surface area contributed by atoms with Crippen LogP contribution < -0.4 is 5.32 Å². The van der Waals surface area contributed by atoms with Crippen LogP contribution in [0.1, 0.15) is 12.8 Å². The van der Waals surface area contributed by atoms with Crippen molar-refractivity contribution >= 4 is 15.9 Å². The lowest BCUT2D eigenvalue weighted by atomic mass is 10.1.